The minimum Gasteiger partial charge on any atom is -0.383 e. The molecule has 18 heavy (non-hydrogen) atoms. The summed E-state index contributed by atoms with van der Waals surface area (Å²) in [7, 11) is 1.57. The molecule has 0 radical (unpaired) electrons. The zero-order chi connectivity index (χ0) is 13.5. The van der Waals surface area contributed by atoms with Crippen molar-refractivity contribution in [1.82, 2.24) is 5.32 Å². The molecule has 2 N–H and O–H groups in total. The van der Waals surface area contributed by atoms with Gasteiger partial charge in [0.1, 0.15) is 6.10 Å². The maximum atomic E-state index is 11.7. The van der Waals surface area contributed by atoms with Gasteiger partial charge < -0.3 is 15.2 Å². The molecule has 0 heterocycles. The first-order chi connectivity index (χ1) is 8.56. The van der Waals surface area contributed by atoms with Gasteiger partial charge in [-0.05, 0) is 12.5 Å². The van der Waals surface area contributed by atoms with Crippen LogP contribution in [0.15, 0.2) is 24.3 Å². The summed E-state index contributed by atoms with van der Waals surface area (Å²) in [6, 6.07) is 7.82. The molecule has 1 amide bonds. The van der Waals surface area contributed by atoms with Crippen LogP contribution in [-0.4, -0.2) is 37.4 Å². The number of benzene rings is 1. The molecule has 2 atom stereocenters. The molecule has 4 heteroatoms. The van der Waals surface area contributed by atoms with Crippen LogP contribution in [0.2, 0.25) is 0 Å². The predicted octanol–water partition coefficient (Wildman–Crippen LogP) is 1.22. The third kappa shape index (κ3) is 4.13. The monoisotopic (exact) mass is 251 g/mol. The van der Waals surface area contributed by atoms with Gasteiger partial charge in [-0.2, -0.15) is 0 Å². The van der Waals surface area contributed by atoms with Gasteiger partial charge in [0.15, 0.2) is 0 Å². The van der Waals surface area contributed by atoms with Gasteiger partial charge in [0.2, 0.25) is 5.91 Å². The Labute approximate surface area is 108 Å². The minimum atomic E-state index is -1.04. The van der Waals surface area contributed by atoms with Crippen molar-refractivity contribution in [2.24, 2.45) is 0 Å². The molecule has 4 nitrogen and oxygen atoms in total. The predicted molar refractivity (Wildman–Crippen MR) is 70.5 cm³/mol. The normalized spacial score (nSPS) is 14.0. The number of hydrogen-bond donors (Lipinski definition) is 2. The quantitative estimate of drug-likeness (QED) is 0.747. The van der Waals surface area contributed by atoms with Crippen LogP contribution in [0.3, 0.4) is 0 Å². The maximum Gasteiger partial charge on any atom is 0.249 e. The van der Waals surface area contributed by atoms with Gasteiger partial charge in [-0.15, -0.1) is 0 Å². The number of hydrogen-bond acceptors (Lipinski definition) is 3. The van der Waals surface area contributed by atoms with E-state index in [0.29, 0.717) is 13.2 Å². The number of aliphatic hydroxyl groups excluding tert-OH is 1. The van der Waals surface area contributed by atoms with E-state index in [4.69, 9.17) is 4.74 Å². The summed E-state index contributed by atoms with van der Waals surface area (Å²) in [5.41, 5.74) is 2.11. The second kappa shape index (κ2) is 7.13. The van der Waals surface area contributed by atoms with Crippen LogP contribution >= 0.6 is 0 Å². The number of carbonyl (C=O) groups is 1. The smallest absolute Gasteiger partial charge is 0.249 e. The Kier molecular flexibility index (Phi) is 5.82. The molecule has 0 aromatic heterocycles. The van der Waals surface area contributed by atoms with Crippen molar-refractivity contribution < 1.29 is 14.6 Å². The van der Waals surface area contributed by atoms with Crippen molar-refractivity contribution in [3.05, 3.63) is 35.4 Å². The minimum absolute atomic E-state index is 0.229. The summed E-state index contributed by atoms with van der Waals surface area (Å²) in [6.07, 6.45) is -1.04. The highest BCUT2D eigenvalue weighted by Gasteiger charge is 2.23. The second-order valence-corrected chi connectivity index (χ2v) is 4.43. The van der Waals surface area contributed by atoms with Gasteiger partial charge in [0.25, 0.3) is 0 Å². The number of ether oxygens (including phenoxy) is 1. The van der Waals surface area contributed by atoms with Gasteiger partial charge in [-0.3, -0.25) is 4.79 Å². The van der Waals surface area contributed by atoms with Gasteiger partial charge >= 0.3 is 0 Å². The largest absolute Gasteiger partial charge is 0.383 e. The van der Waals surface area contributed by atoms with Crippen LogP contribution in [0.5, 0.6) is 0 Å². The molecule has 0 unspecified atom stereocenters. The number of methoxy groups -OCH3 is 1. The standard InChI is InChI=1S/C14H21NO3/c1-10-4-6-12(7-5-10)11(2)13(16)14(17)15-8-9-18-3/h4-7,11,13,16H,8-9H2,1-3H3,(H,15,17)/t11-,13-/m0/s1. The lowest BCUT2D eigenvalue weighted by molar-refractivity contribution is -0.130. The van der Waals surface area contributed by atoms with Crippen molar-refractivity contribution in [2.75, 3.05) is 20.3 Å². The van der Waals surface area contributed by atoms with Crippen LogP contribution in [0.4, 0.5) is 0 Å². The molecule has 1 rings (SSSR count). The second-order valence-electron chi connectivity index (χ2n) is 4.43. The van der Waals surface area contributed by atoms with E-state index in [9.17, 15) is 9.90 Å². The lowest BCUT2D eigenvalue weighted by atomic mass is 9.94. The van der Waals surface area contributed by atoms with Gasteiger partial charge in [0.05, 0.1) is 6.61 Å². The Morgan fingerprint density at radius 2 is 2.00 bits per heavy atom. The SMILES string of the molecule is COCCNC(=O)[C@@H](O)[C@@H](C)c1ccc(C)cc1. The van der Waals surface area contributed by atoms with Crippen molar-refractivity contribution in [1.29, 1.82) is 0 Å². The number of nitrogens with one attached hydrogen (secondary N) is 1. The summed E-state index contributed by atoms with van der Waals surface area (Å²) in [4.78, 5) is 11.7. The summed E-state index contributed by atoms with van der Waals surface area (Å²) in [5, 5.41) is 12.6. The number of rotatable bonds is 6. The molecular weight excluding hydrogens is 230 g/mol. The molecule has 0 saturated carbocycles. The Morgan fingerprint density at radius 3 is 2.56 bits per heavy atom. The highest BCUT2D eigenvalue weighted by atomic mass is 16.5. The zero-order valence-corrected chi connectivity index (χ0v) is 11.1. The Bertz CT molecular complexity index is 375. The lowest BCUT2D eigenvalue weighted by Gasteiger charge is -2.18. The van der Waals surface area contributed by atoms with Crippen molar-refractivity contribution in [2.45, 2.75) is 25.9 Å². The van der Waals surface area contributed by atoms with Gasteiger partial charge in [-0.1, -0.05) is 36.8 Å². The fraction of sp³-hybridized carbons (Fsp3) is 0.500. The van der Waals surface area contributed by atoms with E-state index in [1.807, 2.05) is 38.1 Å². The Hall–Kier alpha value is -1.39. The molecule has 0 aliphatic rings. The first-order valence-corrected chi connectivity index (χ1v) is 6.07. The third-order valence-corrected chi connectivity index (χ3v) is 2.95. The van der Waals surface area contributed by atoms with Crippen LogP contribution in [0.25, 0.3) is 0 Å². The summed E-state index contributed by atoms with van der Waals surface area (Å²) < 4.78 is 4.83. The molecule has 0 aliphatic heterocycles. The summed E-state index contributed by atoms with van der Waals surface area (Å²) >= 11 is 0. The van der Waals surface area contributed by atoms with E-state index in [0.717, 1.165) is 11.1 Å². The molecule has 0 fully saturated rings. The van der Waals surface area contributed by atoms with E-state index in [2.05, 4.69) is 5.32 Å². The Balaban J connectivity index is 2.57. The fourth-order valence-corrected chi connectivity index (χ4v) is 1.66. The summed E-state index contributed by atoms with van der Waals surface area (Å²) in [6.45, 7) is 4.69. The van der Waals surface area contributed by atoms with Gasteiger partial charge in [-0.25, -0.2) is 0 Å². The molecular formula is C14H21NO3. The van der Waals surface area contributed by atoms with E-state index < -0.39 is 6.10 Å². The average molecular weight is 251 g/mol. The van der Waals surface area contributed by atoms with Crippen LogP contribution in [0.1, 0.15) is 24.0 Å². The third-order valence-electron chi connectivity index (χ3n) is 2.95. The number of aliphatic hydroxyl groups is 1. The van der Waals surface area contributed by atoms with E-state index in [-0.39, 0.29) is 11.8 Å². The van der Waals surface area contributed by atoms with E-state index >= 15 is 0 Å². The highest BCUT2D eigenvalue weighted by molar-refractivity contribution is 5.81. The first kappa shape index (κ1) is 14.7. The molecule has 0 saturated heterocycles. The molecule has 0 spiro atoms. The maximum absolute atomic E-state index is 11.7. The first-order valence-electron chi connectivity index (χ1n) is 6.07. The molecule has 1 aromatic carbocycles. The highest BCUT2D eigenvalue weighted by Crippen LogP contribution is 2.19. The van der Waals surface area contributed by atoms with Crippen molar-refractivity contribution in [3.63, 3.8) is 0 Å². The Morgan fingerprint density at radius 1 is 1.39 bits per heavy atom. The molecule has 0 aliphatic carbocycles. The van der Waals surface area contributed by atoms with E-state index in [1.165, 1.54) is 0 Å². The fourth-order valence-electron chi connectivity index (χ4n) is 1.66. The molecule has 0 bridgehead atoms. The lowest BCUT2D eigenvalue weighted by Crippen LogP contribution is -2.39. The van der Waals surface area contributed by atoms with Crippen molar-refractivity contribution in [3.8, 4) is 0 Å². The molecule has 1 aromatic rings. The van der Waals surface area contributed by atoms with E-state index in [1.54, 1.807) is 7.11 Å². The van der Waals surface area contributed by atoms with Gasteiger partial charge in [0, 0.05) is 19.6 Å². The number of aryl methyl sites for hydroxylation is 1. The number of amides is 1. The topological polar surface area (TPSA) is 58.6 Å². The van der Waals surface area contributed by atoms with Crippen LogP contribution in [-0.2, 0) is 9.53 Å². The van der Waals surface area contributed by atoms with Crippen LogP contribution < -0.4 is 5.32 Å². The summed E-state index contributed by atoms with van der Waals surface area (Å²) in [5.74, 6) is -0.590. The number of carbonyl (C=O) groups excluding carboxylic acids is 1. The molecule has 100 valence electrons. The average Bonchev–Trinajstić information content (AvgIpc) is 2.38. The zero-order valence-electron chi connectivity index (χ0n) is 11.1. The van der Waals surface area contributed by atoms with Crippen LogP contribution in [0, 0.1) is 6.92 Å². The van der Waals surface area contributed by atoms with Crippen molar-refractivity contribution >= 4 is 5.91 Å².